The van der Waals surface area contributed by atoms with Crippen LogP contribution in [0.3, 0.4) is 0 Å². The van der Waals surface area contributed by atoms with Crippen LogP contribution in [0.15, 0.2) is 39.8 Å². The molecular formula is C13H16N2O3S. The van der Waals surface area contributed by atoms with Gasteiger partial charge in [-0.1, -0.05) is 17.3 Å². The van der Waals surface area contributed by atoms with Gasteiger partial charge in [0.25, 0.3) is 0 Å². The molecule has 2 aromatic rings. The van der Waals surface area contributed by atoms with Crippen molar-refractivity contribution in [2.45, 2.75) is 25.2 Å². The van der Waals surface area contributed by atoms with Crippen molar-refractivity contribution >= 4 is 10.0 Å². The molecule has 0 aliphatic rings. The van der Waals surface area contributed by atoms with Crippen molar-refractivity contribution in [3.63, 3.8) is 0 Å². The van der Waals surface area contributed by atoms with Crippen LogP contribution in [0.25, 0.3) is 0 Å². The van der Waals surface area contributed by atoms with Gasteiger partial charge in [0.1, 0.15) is 5.76 Å². The zero-order chi connectivity index (χ0) is 13.9. The van der Waals surface area contributed by atoms with Crippen LogP contribution in [0.2, 0.25) is 0 Å². The molecule has 1 aromatic carbocycles. The summed E-state index contributed by atoms with van der Waals surface area (Å²) in [6, 6.07) is 8.60. The maximum absolute atomic E-state index is 12.0. The number of nitrogens with zero attached hydrogens (tertiary/aromatic N) is 1. The fourth-order valence-electron chi connectivity index (χ4n) is 1.72. The molecule has 1 aromatic heterocycles. The second-order valence-electron chi connectivity index (χ2n) is 4.39. The zero-order valence-electron chi connectivity index (χ0n) is 10.9. The molecule has 0 saturated carbocycles. The lowest BCUT2D eigenvalue weighted by Gasteiger charge is -2.06. The molecule has 0 unspecified atom stereocenters. The largest absolute Gasteiger partial charge is 0.361 e. The van der Waals surface area contributed by atoms with Crippen molar-refractivity contribution in [2.24, 2.45) is 0 Å². The van der Waals surface area contributed by atoms with Gasteiger partial charge in [-0.05, 0) is 31.5 Å². The molecule has 0 fully saturated rings. The first-order valence-corrected chi connectivity index (χ1v) is 7.44. The van der Waals surface area contributed by atoms with Gasteiger partial charge >= 0.3 is 0 Å². The second-order valence-corrected chi connectivity index (χ2v) is 6.16. The van der Waals surface area contributed by atoms with Crippen LogP contribution >= 0.6 is 0 Å². The zero-order valence-corrected chi connectivity index (χ0v) is 11.7. The highest BCUT2D eigenvalue weighted by atomic mass is 32.2. The lowest BCUT2D eigenvalue weighted by atomic mass is 10.2. The third-order valence-electron chi connectivity index (χ3n) is 2.65. The van der Waals surface area contributed by atoms with E-state index < -0.39 is 10.0 Å². The predicted molar refractivity (Wildman–Crippen MR) is 71.3 cm³/mol. The van der Waals surface area contributed by atoms with E-state index in [0.717, 1.165) is 17.0 Å². The third kappa shape index (κ3) is 3.65. The van der Waals surface area contributed by atoms with Gasteiger partial charge in [-0.15, -0.1) is 0 Å². The maximum atomic E-state index is 12.0. The number of aromatic nitrogens is 1. The van der Waals surface area contributed by atoms with Crippen molar-refractivity contribution in [1.29, 1.82) is 0 Å². The first kappa shape index (κ1) is 13.8. The number of benzene rings is 1. The van der Waals surface area contributed by atoms with Crippen LogP contribution in [0.5, 0.6) is 0 Å². The molecule has 19 heavy (non-hydrogen) atoms. The van der Waals surface area contributed by atoms with Crippen LogP contribution in [0, 0.1) is 13.8 Å². The molecule has 0 amide bonds. The number of aryl methyl sites for hydroxylation is 2. The Labute approximate surface area is 112 Å². The molecular weight excluding hydrogens is 264 g/mol. The van der Waals surface area contributed by atoms with Gasteiger partial charge in [-0.25, -0.2) is 13.1 Å². The first-order chi connectivity index (χ1) is 8.97. The van der Waals surface area contributed by atoms with Crippen molar-refractivity contribution in [1.82, 2.24) is 9.88 Å². The van der Waals surface area contributed by atoms with Crippen LogP contribution in [0.1, 0.15) is 17.0 Å². The minimum absolute atomic E-state index is 0.281. The summed E-state index contributed by atoms with van der Waals surface area (Å²) in [4.78, 5) is 0.281. The molecule has 0 bridgehead atoms. The maximum Gasteiger partial charge on any atom is 0.240 e. The summed E-state index contributed by atoms with van der Waals surface area (Å²) in [6.45, 7) is 3.95. The summed E-state index contributed by atoms with van der Waals surface area (Å²) in [5.41, 5.74) is 1.65. The van der Waals surface area contributed by atoms with E-state index in [1.165, 1.54) is 0 Å². The molecule has 1 N–H and O–H groups in total. The van der Waals surface area contributed by atoms with Gasteiger partial charge in [0.05, 0.1) is 10.6 Å². The second kappa shape index (κ2) is 5.54. The average molecular weight is 280 g/mol. The quantitative estimate of drug-likeness (QED) is 0.906. The summed E-state index contributed by atoms with van der Waals surface area (Å²) < 4.78 is 31.5. The molecule has 102 valence electrons. The Morgan fingerprint density at radius 3 is 2.68 bits per heavy atom. The standard InChI is InChI=1S/C13H16N2O3S/c1-10-4-3-5-13(8-10)19(16,17)14-7-6-12-9-11(2)18-15-12/h3-5,8-9,14H,6-7H2,1-2H3. The van der Waals surface area contributed by atoms with Gasteiger partial charge < -0.3 is 4.52 Å². The Morgan fingerprint density at radius 1 is 1.26 bits per heavy atom. The van der Waals surface area contributed by atoms with E-state index in [-0.39, 0.29) is 4.90 Å². The highest BCUT2D eigenvalue weighted by Crippen LogP contribution is 2.10. The number of sulfonamides is 1. The highest BCUT2D eigenvalue weighted by molar-refractivity contribution is 7.89. The highest BCUT2D eigenvalue weighted by Gasteiger charge is 2.13. The fourth-order valence-corrected chi connectivity index (χ4v) is 2.85. The van der Waals surface area contributed by atoms with Gasteiger partial charge in [-0.3, -0.25) is 0 Å². The predicted octanol–water partition coefficient (Wildman–Crippen LogP) is 1.81. The molecule has 0 saturated heterocycles. The van der Waals surface area contributed by atoms with E-state index in [1.54, 1.807) is 31.2 Å². The van der Waals surface area contributed by atoms with Gasteiger partial charge in [0, 0.05) is 19.0 Å². The van der Waals surface area contributed by atoms with Crippen LogP contribution in [-0.2, 0) is 16.4 Å². The summed E-state index contributed by atoms with van der Waals surface area (Å²) in [5, 5.41) is 3.81. The summed E-state index contributed by atoms with van der Waals surface area (Å²) in [6.07, 6.45) is 0.502. The topological polar surface area (TPSA) is 72.2 Å². The van der Waals surface area contributed by atoms with E-state index in [9.17, 15) is 8.42 Å². The van der Waals surface area contributed by atoms with E-state index in [0.29, 0.717) is 13.0 Å². The van der Waals surface area contributed by atoms with Crippen molar-refractivity contribution in [3.8, 4) is 0 Å². The van der Waals surface area contributed by atoms with Crippen LogP contribution < -0.4 is 4.72 Å². The van der Waals surface area contributed by atoms with Crippen molar-refractivity contribution < 1.29 is 12.9 Å². The third-order valence-corrected chi connectivity index (χ3v) is 4.11. The molecule has 1 heterocycles. The normalized spacial score (nSPS) is 11.7. The molecule has 2 rings (SSSR count). The van der Waals surface area contributed by atoms with E-state index in [4.69, 9.17) is 4.52 Å². The molecule has 0 aliphatic carbocycles. The van der Waals surface area contributed by atoms with Crippen LogP contribution in [0.4, 0.5) is 0 Å². The Kier molecular flexibility index (Phi) is 4.01. The molecule has 0 atom stereocenters. The number of nitrogens with one attached hydrogen (secondary N) is 1. The monoisotopic (exact) mass is 280 g/mol. The SMILES string of the molecule is Cc1cccc(S(=O)(=O)NCCc2cc(C)on2)c1. The van der Waals surface area contributed by atoms with Gasteiger partial charge in [0.2, 0.25) is 10.0 Å². The van der Waals surface area contributed by atoms with E-state index >= 15 is 0 Å². The van der Waals surface area contributed by atoms with Crippen molar-refractivity contribution in [2.75, 3.05) is 6.54 Å². The number of hydrogen-bond acceptors (Lipinski definition) is 4. The molecule has 6 heteroatoms. The summed E-state index contributed by atoms with van der Waals surface area (Å²) >= 11 is 0. The number of hydrogen-bond donors (Lipinski definition) is 1. The molecule has 5 nitrogen and oxygen atoms in total. The lowest BCUT2D eigenvalue weighted by molar-refractivity contribution is 0.390. The number of rotatable bonds is 5. The first-order valence-electron chi connectivity index (χ1n) is 5.96. The minimum atomic E-state index is -3.45. The summed E-state index contributed by atoms with van der Waals surface area (Å²) in [7, 11) is -3.45. The molecule has 0 radical (unpaired) electrons. The van der Waals surface area contributed by atoms with Crippen LogP contribution in [-0.4, -0.2) is 20.1 Å². The Balaban J connectivity index is 1.98. The van der Waals surface area contributed by atoms with Gasteiger partial charge in [-0.2, -0.15) is 0 Å². The molecule has 0 aliphatic heterocycles. The van der Waals surface area contributed by atoms with E-state index in [1.807, 2.05) is 13.0 Å². The average Bonchev–Trinajstić information content (AvgIpc) is 2.75. The fraction of sp³-hybridized carbons (Fsp3) is 0.308. The Bertz CT molecular complexity index is 662. The summed E-state index contributed by atoms with van der Waals surface area (Å²) in [5.74, 6) is 0.719. The Morgan fingerprint density at radius 2 is 2.05 bits per heavy atom. The van der Waals surface area contributed by atoms with Gasteiger partial charge in [0.15, 0.2) is 0 Å². The minimum Gasteiger partial charge on any atom is -0.361 e. The lowest BCUT2D eigenvalue weighted by Crippen LogP contribution is -2.26. The molecule has 0 spiro atoms. The Hall–Kier alpha value is -1.66. The van der Waals surface area contributed by atoms with Crippen molar-refractivity contribution in [3.05, 3.63) is 47.3 Å². The smallest absolute Gasteiger partial charge is 0.240 e. The van der Waals surface area contributed by atoms with E-state index in [2.05, 4.69) is 9.88 Å².